The van der Waals surface area contributed by atoms with Crippen LogP contribution in [0, 0.1) is 5.92 Å². The number of carbonyl (C=O) groups excluding carboxylic acids is 1. The number of nitrogens with zero attached hydrogens (tertiary/aromatic N) is 1. The highest BCUT2D eigenvalue weighted by atomic mass is 16.6. The third kappa shape index (κ3) is 5.49. The smallest absolute Gasteiger partial charge is 0.307 e. The molecule has 0 aliphatic carbocycles. The Labute approximate surface area is 108 Å². The summed E-state index contributed by atoms with van der Waals surface area (Å²) in [6.45, 7) is 7.51. The quantitative estimate of drug-likeness (QED) is 0.773. The summed E-state index contributed by atoms with van der Waals surface area (Å²) in [6, 6.07) is 0. The molecule has 5 nitrogen and oxygen atoms in total. The van der Waals surface area contributed by atoms with Crippen LogP contribution in [0.3, 0.4) is 0 Å². The van der Waals surface area contributed by atoms with Gasteiger partial charge in [-0.15, -0.1) is 0 Å². The molecule has 0 aromatic rings. The molecule has 5 heteroatoms. The van der Waals surface area contributed by atoms with Gasteiger partial charge in [-0.25, -0.2) is 0 Å². The van der Waals surface area contributed by atoms with Gasteiger partial charge in [0.25, 0.3) is 0 Å². The molecule has 0 saturated carbocycles. The van der Waals surface area contributed by atoms with Crippen LogP contribution in [-0.4, -0.2) is 47.2 Å². The van der Waals surface area contributed by atoms with Gasteiger partial charge in [0, 0.05) is 13.1 Å². The average Bonchev–Trinajstić information content (AvgIpc) is 2.24. The fraction of sp³-hybridized carbons (Fsp3) is 0.846. The zero-order chi connectivity index (χ0) is 13.8. The Morgan fingerprint density at radius 2 is 2.06 bits per heavy atom. The standard InChI is InChI=1S/C13H23NO4/c1-13(2,3)18-11(15)6-8-14-7-4-5-10(9-14)12(16)17/h10H,4-9H2,1-3H3,(H,16,17). The van der Waals surface area contributed by atoms with Gasteiger partial charge >= 0.3 is 11.9 Å². The monoisotopic (exact) mass is 257 g/mol. The number of likely N-dealkylation sites (tertiary alicyclic amines) is 1. The summed E-state index contributed by atoms with van der Waals surface area (Å²) in [5, 5.41) is 8.97. The molecular formula is C13H23NO4. The van der Waals surface area contributed by atoms with E-state index in [0.717, 1.165) is 19.4 Å². The minimum absolute atomic E-state index is 0.222. The first-order chi connectivity index (χ1) is 8.28. The normalized spacial score (nSPS) is 21.6. The summed E-state index contributed by atoms with van der Waals surface area (Å²) < 4.78 is 5.22. The molecule has 18 heavy (non-hydrogen) atoms. The number of hydrogen-bond donors (Lipinski definition) is 1. The van der Waals surface area contributed by atoms with E-state index in [1.54, 1.807) is 0 Å². The van der Waals surface area contributed by atoms with Gasteiger partial charge in [0.05, 0.1) is 12.3 Å². The van der Waals surface area contributed by atoms with Crippen molar-refractivity contribution >= 4 is 11.9 Å². The van der Waals surface area contributed by atoms with Crippen LogP contribution in [0.1, 0.15) is 40.0 Å². The molecule has 1 aliphatic rings. The second-order valence-electron chi connectivity index (χ2n) is 5.81. The van der Waals surface area contributed by atoms with Crippen LogP contribution < -0.4 is 0 Å². The summed E-state index contributed by atoms with van der Waals surface area (Å²) in [7, 11) is 0. The van der Waals surface area contributed by atoms with Crippen LogP contribution in [-0.2, 0) is 14.3 Å². The van der Waals surface area contributed by atoms with Crippen molar-refractivity contribution in [2.45, 2.75) is 45.6 Å². The number of rotatable bonds is 4. The fourth-order valence-electron chi connectivity index (χ4n) is 2.10. The zero-order valence-corrected chi connectivity index (χ0v) is 11.4. The molecule has 1 unspecified atom stereocenters. The number of carbonyl (C=O) groups is 2. The number of aliphatic carboxylic acids is 1. The van der Waals surface area contributed by atoms with Crippen LogP contribution in [0.5, 0.6) is 0 Å². The molecule has 1 heterocycles. The van der Waals surface area contributed by atoms with Gasteiger partial charge in [-0.3, -0.25) is 9.59 Å². The lowest BCUT2D eigenvalue weighted by Gasteiger charge is -2.30. The lowest BCUT2D eigenvalue weighted by atomic mass is 9.98. The first-order valence-electron chi connectivity index (χ1n) is 6.45. The Morgan fingerprint density at radius 3 is 2.61 bits per heavy atom. The van der Waals surface area contributed by atoms with Crippen molar-refractivity contribution in [1.82, 2.24) is 4.90 Å². The van der Waals surface area contributed by atoms with Crippen molar-refractivity contribution in [2.75, 3.05) is 19.6 Å². The molecule has 0 spiro atoms. The van der Waals surface area contributed by atoms with E-state index >= 15 is 0 Å². The molecule has 0 aromatic carbocycles. The number of hydrogen-bond acceptors (Lipinski definition) is 4. The van der Waals surface area contributed by atoms with E-state index in [4.69, 9.17) is 9.84 Å². The molecule has 1 saturated heterocycles. The summed E-state index contributed by atoms with van der Waals surface area (Å²) >= 11 is 0. The highest BCUT2D eigenvalue weighted by Gasteiger charge is 2.26. The molecule has 1 N–H and O–H groups in total. The van der Waals surface area contributed by atoms with Gasteiger partial charge in [0.15, 0.2) is 0 Å². The lowest BCUT2D eigenvalue weighted by molar-refractivity contribution is -0.155. The highest BCUT2D eigenvalue weighted by molar-refractivity contribution is 5.71. The minimum Gasteiger partial charge on any atom is -0.481 e. The summed E-state index contributed by atoms with van der Waals surface area (Å²) in [6.07, 6.45) is 1.94. The molecular weight excluding hydrogens is 234 g/mol. The zero-order valence-electron chi connectivity index (χ0n) is 11.4. The van der Waals surface area contributed by atoms with Gasteiger partial charge in [-0.05, 0) is 40.2 Å². The molecule has 0 radical (unpaired) electrons. The second-order valence-corrected chi connectivity index (χ2v) is 5.81. The van der Waals surface area contributed by atoms with Crippen LogP contribution in [0.4, 0.5) is 0 Å². The van der Waals surface area contributed by atoms with Crippen LogP contribution in [0.2, 0.25) is 0 Å². The van der Waals surface area contributed by atoms with Gasteiger partial charge in [0.2, 0.25) is 0 Å². The molecule has 1 atom stereocenters. The van der Waals surface area contributed by atoms with E-state index in [1.165, 1.54) is 0 Å². The number of carboxylic acids is 1. The predicted molar refractivity (Wildman–Crippen MR) is 67.3 cm³/mol. The molecule has 0 bridgehead atoms. The summed E-state index contributed by atoms with van der Waals surface area (Å²) in [5.74, 6) is -1.26. The number of esters is 1. The molecule has 1 fully saturated rings. The maximum Gasteiger partial charge on any atom is 0.307 e. The SMILES string of the molecule is CC(C)(C)OC(=O)CCN1CCCC(C(=O)O)C1. The maximum absolute atomic E-state index is 11.6. The first kappa shape index (κ1) is 15.0. The number of carboxylic acid groups (broad SMARTS) is 1. The van der Waals surface area contributed by atoms with Crippen molar-refractivity contribution in [3.05, 3.63) is 0 Å². The third-order valence-corrected chi connectivity index (χ3v) is 2.91. The average molecular weight is 257 g/mol. The first-order valence-corrected chi connectivity index (χ1v) is 6.45. The Bertz CT molecular complexity index is 309. The molecule has 104 valence electrons. The lowest BCUT2D eigenvalue weighted by Crippen LogP contribution is -2.40. The molecule has 0 aromatic heterocycles. The van der Waals surface area contributed by atoms with Crippen molar-refractivity contribution in [3.8, 4) is 0 Å². The van der Waals surface area contributed by atoms with Crippen molar-refractivity contribution in [3.63, 3.8) is 0 Å². The van der Waals surface area contributed by atoms with E-state index in [2.05, 4.69) is 0 Å². The van der Waals surface area contributed by atoms with Gasteiger partial charge in [-0.1, -0.05) is 0 Å². The third-order valence-electron chi connectivity index (χ3n) is 2.91. The summed E-state index contributed by atoms with van der Waals surface area (Å²) in [4.78, 5) is 24.5. The van der Waals surface area contributed by atoms with E-state index in [-0.39, 0.29) is 11.9 Å². The topological polar surface area (TPSA) is 66.8 Å². The van der Waals surface area contributed by atoms with Gasteiger partial charge < -0.3 is 14.7 Å². The molecule has 1 aliphatic heterocycles. The Hall–Kier alpha value is -1.10. The highest BCUT2D eigenvalue weighted by Crippen LogP contribution is 2.17. The predicted octanol–water partition coefficient (Wildman–Crippen LogP) is 1.51. The Balaban J connectivity index is 2.31. The fourth-order valence-corrected chi connectivity index (χ4v) is 2.10. The maximum atomic E-state index is 11.6. The van der Waals surface area contributed by atoms with Crippen molar-refractivity contribution < 1.29 is 19.4 Å². The van der Waals surface area contributed by atoms with E-state index in [9.17, 15) is 9.59 Å². The van der Waals surface area contributed by atoms with E-state index in [0.29, 0.717) is 19.5 Å². The Morgan fingerprint density at radius 1 is 1.39 bits per heavy atom. The number of ether oxygens (including phenoxy) is 1. The largest absolute Gasteiger partial charge is 0.481 e. The van der Waals surface area contributed by atoms with Crippen molar-refractivity contribution in [2.24, 2.45) is 5.92 Å². The van der Waals surface area contributed by atoms with Crippen LogP contribution in [0.25, 0.3) is 0 Å². The minimum atomic E-state index is -0.739. The number of piperidine rings is 1. The molecule has 1 rings (SSSR count). The Kier molecular flexibility index (Phi) is 5.14. The summed E-state index contributed by atoms with van der Waals surface area (Å²) in [5.41, 5.74) is -0.456. The van der Waals surface area contributed by atoms with Gasteiger partial charge in [-0.2, -0.15) is 0 Å². The molecule has 0 amide bonds. The van der Waals surface area contributed by atoms with Gasteiger partial charge in [0.1, 0.15) is 5.60 Å². The van der Waals surface area contributed by atoms with E-state index in [1.807, 2.05) is 25.7 Å². The van der Waals surface area contributed by atoms with Crippen LogP contribution >= 0.6 is 0 Å². The second kappa shape index (κ2) is 6.18. The van der Waals surface area contributed by atoms with Crippen LogP contribution in [0.15, 0.2) is 0 Å². The van der Waals surface area contributed by atoms with Crippen molar-refractivity contribution in [1.29, 1.82) is 0 Å². The van der Waals surface area contributed by atoms with E-state index < -0.39 is 11.6 Å².